The highest BCUT2D eigenvalue weighted by Gasteiger charge is 2.02. The van der Waals surface area contributed by atoms with E-state index in [1.807, 2.05) is 0 Å². The average Bonchev–Trinajstić information content (AvgIpc) is 2.33. The van der Waals surface area contributed by atoms with E-state index in [2.05, 4.69) is 33.0 Å². The molecule has 1 nitrogen and oxygen atoms in total. The lowest BCUT2D eigenvalue weighted by Crippen LogP contribution is -2.22. The Bertz CT molecular complexity index is 154. The lowest BCUT2D eigenvalue weighted by Gasteiger charge is -2.12. The van der Waals surface area contributed by atoms with E-state index < -0.39 is 0 Å². The van der Waals surface area contributed by atoms with Gasteiger partial charge in [0.25, 0.3) is 0 Å². The first kappa shape index (κ1) is 18.0. The Labute approximate surface area is 116 Å². The minimum absolute atomic E-state index is 0.781. The highest BCUT2D eigenvalue weighted by Crippen LogP contribution is 2.14. The summed E-state index contributed by atoms with van der Waals surface area (Å²) in [6.45, 7) is 11.6. The number of rotatable bonds is 13. The molecule has 0 aromatic carbocycles. The van der Waals surface area contributed by atoms with Crippen molar-refractivity contribution in [2.75, 3.05) is 13.1 Å². The van der Waals surface area contributed by atoms with Crippen molar-refractivity contribution in [1.29, 1.82) is 0 Å². The van der Waals surface area contributed by atoms with Crippen LogP contribution in [0.2, 0.25) is 0 Å². The van der Waals surface area contributed by atoms with Gasteiger partial charge in [-0.3, -0.25) is 0 Å². The van der Waals surface area contributed by atoms with Crippen LogP contribution in [0.3, 0.4) is 0 Å². The van der Waals surface area contributed by atoms with Crippen LogP contribution in [-0.2, 0) is 0 Å². The molecule has 0 heterocycles. The fourth-order valence-corrected chi connectivity index (χ4v) is 2.33. The maximum atomic E-state index is 3.54. The molecule has 0 amide bonds. The molecule has 0 spiro atoms. The van der Waals surface area contributed by atoms with Crippen molar-refractivity contribution in [2.24, 2.45) is 11.8 Å². The highest BCUT2D eigenvalue weighted by atomic mass is 14.8. The van der Waals surface area contributed by atoms with Gasteiger partial charge in [0, 0.05) is 0 Å². The SMILES string of the molecule is CCCCCCCCCC(C)CCNCC(C)C. The van der Waals surface area contributed by atoms with Gasteiger partial charge in [0.1, 0.15) is 0 Å². The maximum absolute atomic E-state index is 3.54. The second kappa shape index (κ2) is 13.4. The monoisotopic (exact) mass is 255 g/mol. The van der Waals surface area contributed by atoms with Gasteiger partial charge in [-0.25, -0.2) is 0 Å². The van der Waals surface area contributed by atoms with Gasteiger partial charge in [0.05, 0.1) is 0 Å². The van der Waals surface area contributed by atoms with Crippen LogP contribution in [0.4, 0.5) is 0 Å². The topological polar surface area (TPSA) is 12.0 Å². The van der Waals surface area contributed by atoms with Crippen molar-refractivity contribution in [2.45, 2.75) is 85.5 Å². The average molecular weight is 255 g/mol. The highest BCUT2D eigenvalue weighted by molar-refractivity contribution is 4.58. The maximum Gasteiger partial charge on any atom is -0.00258 e. The molecule has 0 aliphatic carbocycles. The summed E-state index contributed by atoms with van der Waals surface area (Å²) in [5.41, 5.74) is 0. The van der Waals surface area contributed by atoms with Crippen LogP contribution in [0.5, 0.6) is 0 Å². The van der Waals surface area contributed by atoms with Crippen molar-refractivity contribution >= 4 is 0 Å². The number of hydrogen-bond acceptors (Lipinski definition) is 1. The van der Waals surface area contributed by atoms with E-state index >= 15 is 0 Å². The molecule has 0 aliphatic heterocycles. The Balaban J connectivity index is 3.14. The molecule has 0 saturated heterocycles. The summed E-state index contributed by atoms with van der Waals surface area (Å²) in [7, 11) is 0. The fourth-order valence-electron chi connectivity index (χ4n) is 2.33. The fraction of sp³-hybridized carbons (Fsp3) is 1.00. The third-order valence-electron chi connectivity index (χ3n) is 3.67. The smallest absolute Gasteiger partial charge is 0.00258 e. The van der Waals surface area contributed by atoms with Crippen LogP contribution in [0, 0.1) is 11.8 Å². The predicted octanol–water partition coefficient (Wildman–Crippen LogP) is 5.40. The van der Waals surface area contributed by atoms with Gasteiger partial charge in [-0.15, -0.1) is 0 Å². The largest absolute Gasteiger partial charge is 0.316 e. The van der Waals surface area contributed by atoms with E-state index in [1.165, 1.54) is 70.9 Å². The second-order valence-corrected chi connectivity index (χ2v) is 6.40. The van der Waals surface area contributed by atoms with Crippen LogP contribution in [0.25, 0.3) is 0 Å². The van der Waals surface area contributed by atoms with Gasteiger partial charge in [-0.1, -0.05) is 79.1 Å². The first-order valence-corrected chi connectivity index (χ1v) is 8.37. The zero-order chi connectivity index (χ0) is 13.6. The first-order chi connectivity index (χ1) is 8.66. The molecule has 0 radical (unpaired) electrons. The summed E-state index contributed by atoms with van der Waals surface area (Å²) in [4.78, 5) is 0. The van der Waals surface area contributed by atoms with Gasteiger partial charge in [-0.2, -0.15) is 0 Å². The molecule has 0 bridgehead atoms. The summed E-state index contributed by atoms with van der Waals surface area (Å²) in [5, 5.41) is 3.54. The van der Waals surface area contributed by atoms with Gasteiger partial charge in [-0.05, 0) is 31.3 Å². The van der Waals surface area contributed by atoms with E-state index in [9.17, 15) is 0 Å². The molecule has 1 heteroatoms. The number of unbranched alkanes of at least 4 members (excludes halogenated alkanes) is 6. The van der Waals surface area contributed by atoms with Crippen molar-refractivity contribution in [3.63, 3.8) is 0 Å². The molecule has 110 valence electrons. The Hall–Kier alpha value is -0.0400. The van der Waals surface area contributed by atoms with Crippen molar-refractivity contribution in [3.05, 3.63) is 0 Å². The van der Waals surface area contributed by atoms with Crippen molar-refractivity contribution in [3.8, 4) is 0 Å². The second-order valence-electron chi connectivity index (χ2n) is 6.40. The number of hydrogen-bond donors (Lipinski definition) is 1. The third-order valence-corrected chi connectivity index (χ3v) is 3.67. The summed E-state index contributed by atoms with van der Waals surface area (Å²) in [6.07, 6.45) is 12.8. The van der Waals surface area contributed by atoms with Crippen LogP contribution in [-0.4, -0.2) is 13.1 Å². The Morgan fingerprint density at radius 1 is 0.778 bits per heavy atom. The van der Waals surface area contributed by atoms with E-state index in [0.717, 1.165) is 11.8 Å². The third kappa shape index (κ3) is 14.0. The Kier molecular flexibility index (Phi) is 13.4. The quantitative estimate of drug-likeness (QED) is 0.435. The lowest BCUT2D eigenvalue weighted by atomic mass is 9.99. The predicted molar refractivity (Wildman–Crippen MR) is 84.1 cm³/mol. The van der Waals surface area contributed by atoms with Crippen LogP contribution < -0.4 is 5.32 Å². The van der Waals surface area contributed by atoms with Crippen molar-refractivity contribution in [1.82, 2.24) is 5.32 Å². The minimum Gasteiger partial charge on any atom is -0.316 e. The van der Waals surface area contributed by atoms with Crippen LogP contribution in [0.1, 0.15) is 85.5 Å². The Morgan fingerprint density at radius 3 is 2.00 bits per heavy atom. The normalized spacial score (nSPS) is 13.2. The Morgan fingerprint density at radius 2 is 1.39 bits per heavy atom. The molecule has 0 fully saturated rings. The molecule has 1 N–H and O–H groups in total. The van der Waals surface area contributed by atoms with E-state index in [4.69, 9.17) is 0 Å². The molecular weight excluding hydrogens is 218 g/mol. The lowest BCUT2D eigenvalue weighted by molar-refractivity contribution is 0.432. The van der Waals surface area contributed by atoms with Crippen LogP contribution in [0.15, 0.2) is 0 Å². The summed E-state index contributed by atoms with van der Waals surface area (Å²) >= 11 is 0. The molecule has 0 aliphatic rings. The zero-order valence-corrected chi connectivity index (χ0v) is 13.4. The minimum atomic E-state index is 0.781. The summed E-state index contributed by atoms with van der Waals surface area (Å²) in [6, 6.07) is 0. The van der Waals surface area contributed by atoms with E-state index in [-0.39, 0.29) is 0 Å². The molecule has 0 aromatic heterocycles. The molecular formula is C17H37N. The zero-order valence-electron chi connectivity index (χ0n) is 13.4. The van der Waals surface area contributed by atoms with Crippen LogP contribution >= 0.6 is 0 Å². The molecule has 0 aromatic rings. The molecule has 1 unspecified atom stereocenters. The number of nitrogens with one attached hydrogen (secondary N) is 1. The standard InChI is InChI=1S/C17H37N/c1-5-6-7-8-9-10-11-12-17(4)13-14-18-15-16(2)3/h16-18H,5-15H2,1-4H3. The van der Waals surface area contributed by atoms with Gasteiger partial charge in [0.2, 0.25) is 0 Å². The molecule has 18 heavy (non-hydrogen) atoms. The van der Waals surface area contributed by atoms with E-state index in [1.54, 1.807) is 0 Å². The summed E-state index contributed by atoms with van der Waals surface area (Å²) in [5.74, 6) is 1.68. The van der Waals surface area contributed by atoms with Crippen molar-refractivity contribution < 1.29 is 0 Å². The molecule has 0 saturated carbocycles. The van der Waals surface area contributed by atoms with E-state index in [0.29, 0.717) is 0 Å². The molecule has 1 atom stereocenters. The van der Waals surface area contributed by atoms with Gasteiger partial charge in [0.15, 0.2) is 0 Å². The molecule has 0 rings (SSSR count). The summed E-state index contributed by atoms with van der Waals surface area (Å²) < 4.78 is 0. The van der Waals surface area contributed by atoms with Gasteiger partial charge >= 0.3 is 0 Å². The van der Waals surface area contributed by atoms with Gasteiger partial charge < -0.3 is 5.32 Å². The first-order valence-electron chi connectivity index (χ1n) is 8.37.